The molecule has 1 amide bonds. The molecular formula is C23H24FN7O2. The smallest absolute Gasteiger partial charge is 0.279 e. The third kappa shape index (κ3) is 3.86. The monoisotopic (exact) mass is 449 g/mol. The molecule has 0 spiro atoms. The lowest BCUT2D eigenvalue weighted by molar-refractivity contribution is 0.0974. The number of benzene rings is 1. The topological polar surface area (TPSA) is 99.8 Å². The van der Waals surface area contributed by atoms with Gasteiger partial charge in [0, 0.05) is 12.3 Å². The molecule has 1 saturated heterocycles. The maximum Gasteiger partial charge on any atom is 0.279 e. The summed E-state index contributed by atoms with van der Waals surface area (Å²) in [5, 5.41) is 11.7. The Morgan fingerprint density at radius 1 is 1.27 bits per heavy atom. The van der Waals surface area contributed by atoms with Crippen LogP contribution in [0, 0.1) is 26.6 Å². The van der Waals surface area contributed by atoms with Gasteiger partial charge in [-0.05, 0) is 62.9 Å². The molecule has 1 aliphatic heterocycles. The van der Waals surface area contributed by atoms with Crippen LogP contribution in [0.2, 0.25) is 0 Å². The normalized spacial score (nSPS) is 15.9. The standard InChI is InChI=1S/C23H24FN7O2/c1-13-9-16(24)6-7-19(13)31-11-18(28-29-31)23(32)27-21-20-14(2)15(3)30(22(20)26-12-25-21)10-17-5-4-8-33-17/h6-7,9,11-12,17H,4-5,8,10H2,1-3H3,(H,25,26,27,32)/t17-/m0/s1. The van der Waals surface area contributed by atoms with Gasteiger partial charge in [0.1, 0.15) is 23.6 Å². The third-order valence-corrected chi connectivity index (χ3v) is 6.18. The predicted molar refractivity (Wildman–Crippen MR) is 120 cm³/mol. The van der Waals surface area contributed by atoms with Gasteiger partial charge in [-0.25, -0.2) is 19.0 Å². The number of rotatable bonds is 5. The Kier molecular flexibility index (Phi) is 5.37. The number of aryl methyl sites for hydroxylation is 2. The number of fused-ring (bicyclic) bond motifs is 1. The second-order valence-electron chi connectivity index (χ2n) is 8.31. The third-order valence-electron chi connectivity index (χ3n) is 6.18. The van der Waals surface area contributed by atoms with Crippen molar-refractivity contribution >= 4 is 22.8 Å². The van der Waals surface area contributed by atoms with E-state index >= 15 is 0 Å². The first-order valence-electron chi connectivity index (χ1n) is 10.8. The minimum atomic E-state index is -0.440. The second kappa shape index (κ2) is 8.36. The van der Waals surface area contributed by atoms with Crippen LogP contribution < -0.4 is 5.32 Å². The van der Waals surface area contributed by atoms with E-state index in [2.05, 4.69) is 30.2 Å². The summed E-state index contributed by atoms with van der Waals surface area (Å²) in [6.45, 7) is 7.30. The van der Waals surface area contributed by atoms with Crippen molar-refractivity contribution in [2.24, 2.45) is 0 Å². The van der Waals surface area contributed by atoms with E-state index in [4.69, 9.17) is 4.74 Å². The van der Waals surface area contributed by atoms with Crippen molar-refractivity contribution in [1.82, 2.24) is 29.5 Å². The number of carbonyl (C=O) groups is 1. The number of carbonyl (C=O) groups excluding carboxylic acids is 1. The number of nitrogens with zero attached hydrogens (tertiary/aromatic N) is 6. The van der Waals surface area contributed by atoms with Crippen molar-refractivity contribution in [3.05, 3.63) is 59.1 Å². The van der Waals surface area contributed by atoms with Crippen LogP contribution >= 0.6 is 0 Å². The number of aromatic nitrogens is 6. The van der Waals surface area contributed by atoms with Crippen molar-refractivity contribution < 1.29 is 13.9 Å². The Labute approximate surface area is 189 Å². The number of amides is 1. The van der Waals surface area contributed by atoms with Crippen molar-refractivity contribution in [1.29, 1.82) is 0 Å². The van der Waals surface area contributed by atoms with Crippen LogP contribution in [0.1, 0.15) is 40.2 Å². The molecule has 1 fully saturated rings. The first kappa shape index (κ1) is 21.2. The highest BCUT2D eigenvalue weighted by molar-refractivity contribution is 6.07. The maximum absolute atomic E-state index is 13.4. The summed E-state index contributed by atoms with van der Waals surface area (Å²) >= 11 is 0. The van der Waals surface area contributed by atoms with Gasteiger partial charge in [-0.2, -0.15) is 0 Å². The minimum absolute atomic E-state index is 0.124. The highest BCUT2D eigenvalue weighted by Crippen LogP contribution is 2.30. The number of ether oxygens (including phenoxy) is 1. The number of hydrogen-bond donors (Lipinski definition) is 1. The number of nitrogens with one attached hydrogen (secondary N) is 1. The van der Waals surface area contributed by atoms with Crippen molar-refractivity contribution in [2.45, 2.75) is 46.3 Å². The van der Waals surface area contributed by atoms with Gasteiger partial charge in [0.2, 0.25) is 0 Å². The molecule has 0 aliphatic carbocycles. The summed E-state index contributed by atoms with van der Waals surface area (Å²) < 4.78 is 22.8. The molecular weight excluding hydrogens is 425 g/mol. The Hall–Kier alpha value is -3.66. The molecule has 1 aromatic carbocycles. The zero-order valence-electron chi connectivity index (χ0n) is 18.7. The summed E-state index contributed by atoms with van der Waals surface area (Å²) in [4.78, 5) is 21.8. The average Bonchev–Trinajstić information content (AvgIpc) is 3.52. The number of hydrogen-bond acceptors (Lipinski definition) is 6. The minimum Gasteiger partial charge on any atom is -0.376 e. The van der Waals surface area contributed by atoms with Gasteiger partial charge in [-0.3, -0.25) is 4.79 Å². The van der Waals surface area contributed by atoms with Crippen LogP contribution in [0.3, 0.4) is 0 Å². The van der Waals surface area contributed by atoms with E-state index in [1.807, 2.05) is 13.8 Å². The SMILES string of the molecule is Cc1cc(F)ccc1-n1cc(C(=O)Nc2ncnc3c2c(C)c(C)n3C[C@@H]2CCCO2)nn1. The van der Waals surface area contributed by atoms with Crippen molar-refractivity contribution in [3.63, 3.8) is 0 Å². The van der Waals surface area contributed by atoms with Gasteiger partial charge >= 0.3 is 0 Å². The van der Waals surface area contributed by atoms with E-state index in [0.29, 0.717) is 23.6 Å². The molecule has 5 rings (SSSR count). The molecule has 170 valence electrons. The summed E-state index contributed by atoms with van der Waals surface area (Å²) in [5.74, 6) is -0.353. The Morgan fingerprint density at radius 3 is 2.88 bits per heavy atom. The fraction of sp³-hybridized carbons (Fsp3) is 0.348. The van der Waals surface area contributed by atoms with Crippen LogP contribution in [0.15, 0.2) is 30.7 Å². The molecule has 3 aromatic heterocycles. The van der Waals surface area contributed by atoms with E-state index in [1.165, 1.54) is 29.3 Å². The van der Waals surface area contributed by atoms with Crippen LogP contribution in [-0.2, 0) is 11.3 Å². The van der Waals surface area contributed by atoms with Gasteiger partial charge in [-0.15, -0.1) is 5.10 Å². The van der Waals surface area contributed by atoms with Gasteiger partial charge in [0.05, 0.1) is 29.9 Å². The summed E-state index contributed by atoms with van der Waals surface area (Å²) in [5.41, 5.74) is 4.28. The lowest BCUT2D eigenvalue weighted by Gasteiger charge is -2.13. The Bertz CT molecular complexity index is 1350. The van der Waals surface area contributed by atoms with Crippen LogP contribution in [0.5, 0.6) is 0 Å². The molecule has 9 nitrogen and oxygen atoms in total. The maximum atomic E-state index is 13.4. The Balaban J connectivity index is 1.43. The molecule has 10 heteroatoms. The molecule has 4 heterocycles. The molecule has 33 heavy (non-hydrogen) atoms. The fourth-order valence-electron chi connectivity index (χ4n) is 4.31. The molecule has 1 N–H and O–H groups in total. The quantitative estimate of drug-likeness (QED) is 0.501. The van der Waals surface area contributed by atoms with Crippen LogP contribution in [-0.4, -0.2) is 48.1 Å². The summed E-state index contributed by atoms with van der Waals surface area (Å²) in [6, 6.07) is 4.34. The summed E-state index contributed by atoms with van der Waals surface area (Å²) in [7, 11) is 0. The fourth-order valence-corrected chi connectivity index (χ4v) is 4.31. The van der Waals surface area contributed by atoms with Gasteiger partial charge in [0.25, 0.3) is 5.91 Å². The van der Waals surface area contributed by atoms with Gasteiger partial charge in [-0.1, -0.05) is 5.21 Å². The molecule has 0 bridgehead atoms. The van der Waals surface area contributed by atoms with E-state index in [0.717, 1.165) is 41.7 Å². The van der Waals surface area contributed by atoms with E-state index in [1.54, 1.807) is 13.0 Å². The largest absolute Gasteiger partial charge is 0.376 e. The number of anilines is 1. The zero-order valence-corrected chi connectivity index (χ0v) is 18.7. The lowest BCUT2D eigenvalue weighted by atomic mass is 10.2. The van der Waals surface area contributed by atoms with Crippen molar-refractivity contribution in [2.75, 3.05) is 11.9 Å². The predicted octanol–water partition coefficient (Wildman–Crippen LogP) is 3.51. The van der Waals surface area contributed by atoms with Crippen LogP contribution in [0.25, 0.3) is 16.7 Å². The van der Waals surface area contributed by atoms with E-state index < -0.39 is 5.91 Å². The molecule has 0 saturated carbocycles. The lowest BCUT2D eigenvalue weighted by Crippen LogP contribution is -2.16. The highest BCUT2D eigenvalue weighted by atomic mass is 19.1. The summed E-state index contributed by atoms with van der Waals surface area (Å²) in [6.07, 6.45) is 5.21. The molecule has 4 aromatic rings. The average molecular weight is 449 g/mol. The van der Waals surface area contributed by atoms with E-state index in [-0.39, 0.29) is 17.6 Å². The zero-order chi connectivity index (χ0) is 23.1. The van der Waals surface area contributed by atoms with Gasteiger partial charge < -0.3 is 14.6 Å². The molecule has 0 radical (unpaired) electrons. The van der Waals surface area contributed by atoms with Crippen LogP contribution in [0.4, 0.5) is 10.2 Å². The van der Waals surface area contributed by atoms with Gasteiger partial charge in [0.15, 0.2) is 5.69 Å². The molecule has 1 atom stereocenters. The highest BCUT2D eigenvalue weighted by Gasteiger charge is 2.23. The van der Waals surface area contributed by atoms with E-state index in [9.17, 15) is 9.18 Å². The number of halogens is 1. The van der Waals surface area contributed by atoms with Crippen molar-refractivity contribution in [3.8, 4) is 5.69 Å². The molecule has 0 unspecified atom stereocenters. The molecule has 1 aliphatic rings. The first-order chi connectivity index (χ1) is 15.9. The second-order valence-corrected chi connectivity index (χ2v) is 8.31. The Morgan fingerprint density at radius 2 is 2.12 bits per heavy atom. The first-order valence-corrected chi connectivity index (χ1v) is 10.8.